The van der Waals surface area contributed by atoms with Crippen molar-refractivity contribution in [1.29, 1.82) is 0 Å². The number of aromatic nitrogens is 3. The molecule has 19 heavy (non-hydrogen) atoms. The van der Waals surface area contributed by atoms with Crippen molar-refractivity contribution in [3.05, 3.63) is 12.2 Å². The van der Waals surface area contributed by atoms with Gasteiger partial charge in [0.2, 0.25) is 0 Å². The maximum Gasteiger partial charge on any atom is 0.138 e. The minimum absolute atomic E-state index is 0.152. The van der Waals surface area contributed by atoms with Crippen molar-refractivity contribution in [2.24, 2.45) is 0 Å². The standard InChI is InChI=1S/C14H26N4O/c1-4-14(3,17-8-6-7-9-17)12(19)10-13-15-11-16-18(13)5-2/h11-12,19H,4-10H2,1-3H3. The van der Waals surface area contributed by atoms with E-state index in [9.17, 15) is 5.11 Å². The predicted octanol–water partition coefficient (Wildman–Crippen LogP) is 1.47. The Balaban J connectivity index is 2.10. The summed E-state index contributed by atoms with van der Waals surface area (Å²) < 4.78 is 1.86. The molecule has 0 spiro atoms. The molecule has 2 atom stereocenters. The first-order chi connectivity index (χ1) is 9.11. The number of aliphatic hydroxyl groups excluding tert-OH is 1. The number of likely N-dealkylation sites (tertiary alicyclic amines) is 1. The lowest BCUT2D eigenvalue weighted by Gasteiger charge is -2.42. The average molecular weight is 266 g/mol. The van der Waals surface area contributed by atoms with Crippen molar-refractivity contribution in [3.63, 3.8) is 0 Å². The third-order valence-corrected chi connectivity index (χ3v) is 4.63. The monoisotopic (exact) mass is 266 g/mol. The summed E-state index contributed by atoms with van der Waals surface area (Å²) in [6.45, 7) is 9.38. The number of nitrogens with zero attached hydrogens (tertiary/aromatic N) is 4. The van der Waals surface area contributed by atoms with E-state index in [-0.39, 0.29) is 5.54 Å². The van der Waals surface area contributed by atoms with Crippen molar-refractivity contribution in [2.75, 3.05) is 13.1 Å². The van der Waals surface area contributed by atoms with Gasteiger partial charge in [-0.3, -0.25) is 9.58 Å². The highest BCUT2D eigenvalue weighted by atomic mass is 16.3. The van der Waals surface area contributed by atoms with Gasteiger partial charge >= 0.3 is 0 Å². The average Bonchev–Trinajstić information content (AvgIpc) is 3.08. The van der Waals surface area contributed by atoms with Crippen molar-refractivity contribution >= 4 is 0 Å². The summed E-state index contributed by atoms with van der Waals surface area (Å²) in [5, 5.41) is 14.9. The van der Waals surface area contributed by atoms with E-state index in [4.69, 9.17) is 0 Å². The molecule has 108 valence electrons. The molecule has 0 amide bonds. The molecule has 1 aromatic heterocycles. The Morgan fingerprint density at radius 3 is 2.63 bits per heavy atom. The first-order valence-electron chi connectivity index (χ1n) is 7.41. The van der Waals surface area contributed by atoms with Crippen LogP contribution in [0.25, 0.3) is 0 Å². The van der Waals surface area contributed by atoms with Gasteiger partial charge in [0.25, 0.3) is 0 Å². The molecule has 0 saturated carbocycles. The fourth-order valence-corrected chi connectivity index (χ4v) is 3.00. The van der Waals surface area contributed by atoms with Crippen LogP contribution < -0.4 is 0 Å². The van der Waals surface area contributed by atoms with E-state index in [2.05, 4.69) is 28.8 Å². The SMILES string of the molecule is CCn1ncnc1CC(O)C(C)(CC)N1CCCC1. The zero-order chi connectivity index (χ0) is 13.9. The zero-order valence-corrected chi connectivity index (χ0v) is 12.3. The molecule has 1 N–H and O–H groups in total. The van der Waals surface area contributed by atoms with Crippen LogP contribution in [0.5, 0.6) is 0 Å². The van der Waals surface area contributed by atoms with Crippen molar-refractivity contribution in [1.82, 2.24) is 19.7 Å². The second-order valence-corrected chi connectivity index (χ2v) is 5.62. The molecular weight excluding hydrogens is 240 g/mol. The maximum absolute atomic E-state index is 10.7. The highest BCUT2D eigenvalue weighted by Crippen LogP contribution is 2.29. The summed E-state index contributed by atoms with van der Waals surface area (Å²) in [5.41, 5.74) is -0.152. The lowest BCUT2D eigenvalue weighted by Crippen LogP contribution is -2.54. The van der Waals surface area contributed by atoms with Crippen LogP contribution in [0.15, 0.2) is 6.33 Å². The molecule has 0 radical (unpaired) electrons. The Bertz CT molecular complexity index is 400. The second kappa shape index (κ2) is 6.01. The normalized spacial score (nSPS) is 21.5. The number of hydrogen-bond donors (Lipinski definition) is 1. The van der Waals surface area contributed by atoms with Crippen LogP contribution in [-0.2, 0) is 13.0 Å². The van der Waals surface area contributed by atoms with Gasteiger partial charge in [0.1, 0.15) is 12.2 Å². The molecule has 5 nitrogen and oxygen atoms in total. The third kappa shape index (κ3) is 2.82. The van der Waals surface area contributed by atoms with Gasteiger partial charge in [-0.25, -0.2) is 4.98 Å². The number of aryl methyl sites for hydroxylation is 1. The molecule has 1 aromatic rings. The lowest BCUT2D eigenvalue weighted by molar-refractivity contribution is -0.0132. The van der Waals surface area contributed by atoms with Crippen LogP contribution in [0.2, 0.25) is 0 Å². The van der Waals surface area contributed by atoms with E-state index < -0.39 is 6.10 Å². The first kappa shape index (κ1) is 14.5. The van der Waals surface area contributed by atoms with E-state index in [1.165, 1.54) is 12.8 Å². The zero-order valence-electron chi connectivity index (χ0n) is 12.3. The minimum atomic E-state index is -0.398. The van der Waals surface area contributed by atoms with Crippen LogP contribution in [0, 0.1) is 0 Å². The quantitative estimate of drug-likeness (QED) is 0.847. The van der Waals surface area contributed by atoms with Crippen LogP contribution in [0.4, 0.5) is 0 Å². The van der Waals surface area contributed by atoms with E-state index in [1.807, 2.05) is 11.6 Å². The molecule has 1 saturated heterocycles. The van der Waals surface area contributed by atoms with E-state index >= 15 is 0 Å². The maximum atomic E-state index is 10.7. The lowest BCUT2D eigenvalue weighted by atomic mass is 9.87. The molecule has 1 aliphatic rings. The molecule has 2 unspecified atom stereocenters. The van der Waals surface area contributed by atoms with Gasteiger partial charge < -0.3 is 5.11 Å². The summed E-state index contributed by atoms with van der Waals surface area (Å²) in [6, 6.07) is 0. The second-order valence-electron chi connectivity index (χ2n) is 5.62. The van der Waals surface area contributed by atoms with Gasteiger partial charge in [-0.1, -0.05) is 6.92 Å². The molecule has 2 heterocycles. The van der Waals surface area contributed by atoms with Gasteiger partial charge in [-0.05, 0) is 46.2 Å². The molecule has 1 fully saturated rings. The minimum Gasteiger partial charge on any atom is -0.391 e. The highest BCUT2D eigenvalue weighted by Gasteiger charge is 2.39. The largest absolute Gasteiger partial charge is 0.391 e. The van der Waals surface area contributed by atoms with Crippen LogP contribution in [0.1, 0.15) is 45.9 Å². The molecule has 5 heteroatoms. The van der Waals surface area contributed by atoms with Crippen LogP contribution in [0.3, 0.4) is 0 Å². The summed E-state index contributed by atoms with van der Waals surface area (Å²) in [5.74, 6) is 0.883. The summed E-state index contributed by atoms with van der Waals surface area (Å²) >= 11 is 0. The van der Waals surface area contributed by atoms with Crippen molar-refractivity contribution < 1.29 is 5.11 Å². The highest BCUT2D eigenvalue weighted by molar-refractivity contribution is 4.99. The molecule has 0 aliphatic carbocycles. The smallest absolute Gasteiger partial charge is 0.138 e. The Morgan fingerprint density at radius 2 is 2.05 bits per heavy atom. The third-order valence-electron chi connectivity index (χ3n) is 4.63. The van der Waals surface area contributed by atoms with Gasteiger partial charge in [0, 0.05) is 18.5 Å². The predicted molar refractivity (Wildman–Crippen MR) is 74.9 cm³/mol. The number of aliphatic hydroxyl groups is 1. The Hall–Kier alpha value is -0.940. The number of rotatable bonds is 6. The summed E-state index contributed by atoms with van der Waals surface area (Å²) in [7, 11) is 0. The Morgan fingerprint density at radius 1 is 1.37 bits per heavy atom. The first-order valence-corrected chi connectivity index (χ1v) is 7.41. The fourth-order valence-electron chi connectivity index (χ4n) is 3.00. The molecule has 2 rings (SSSR count). The fraction of sp³-hybridized carbons (Fsp3) is 0.857. The van der Waals surface area contributed by atoms with Crippen molar-refractivity contribution in [3.8, 4) is 0 Å². The molecule has 0 aromatic carbocycles. The van der Waals surface area contributed by atoms with Gasteiger partial charge in [-0.15, -0.1) is 0 Å². The van der Waals surface area contributed by atoms with E-state index in [0.717, 1.165) is 31.9 Å². The Labute approximate surface area is 115 Å². The topological polar surface area (TPSA) is 54.2 Å². The van der Waals surface area contributed by atoms with Gasteiger partial charge in [-0.2, -0.15) is 5.10 Å². The van der Waals surface area contributed by atoms with Gasteiger partial charge in [0.05, 0.1) is 6.10 Å². The summed E-state index contributed by atoms with van der Waals surface area (Å²) in [4.78, 5) is 6.71. The van der Waals surface area contributed by atoms with E-state index in [0.29, 0.717) is 6.42 Å². The summed E-state index contributed by atoms with van der Waals surface area (Å²) in [6.07, 6.45) is 5.19. The van der Waals surface area contributed by atoms with Crippen molar-refractivity contribution in [2.45, 2.75) is 64.6 Å². The molecule has 1 aliphatic heterocycles. The Kier molecular flexibility index (Phi) is 4.58. The van der Waals surface area contributed by atoms with Gasteiger partial charge in [0.15, 0.2) is 0 Å². The van der Waals surface area contributed by atoms with E-state index in [1.54, 1.807) is 6.33 Å². The molecular formula is C14H26N4O. The van der Waals surface area contributed by atoms with Crippen LogP contribution in [-0.4, -0.2) is 49.5 Å². The molecule has 0 bridgehead atoms. The van der Waals surface area contributed by atoms with Crippen LogP contribution >= 0.6 is 0 Å². The number of hydrogen-bond acceptors (Lipinski definition) is 4.